The van der Waals surface area contributed by atoms with Gasteiger partial charge in [-0.3, -0.25) is 4.72 Å². The minimum Gasteiger partial charge on any atom is -0.399 e. The Bertz CT molecular complexity index is 758. The molecule has 106 valence electrons. The predicted molar refractivity (Wildman–Crippen MR) is 82.6 cm³/mol. The molecule has 0 bridgehead atoms. The summed E-state index contributed by atoms with van der Waals surface area (Å²) >= 11 is 5.85. The van der Waals surface area contributed by atoms with Gasteiger partial charge in [-0.05, 0) is 55.3 Å². The zero-order valence-electron chi connectivity index (χ0n) is 11.1. The average molecular weight is 311 g/mol. The molecule has 0 amide bonds. The number of benzene rings is 2. The summed E-state index contributed by atoms with van der Waals surface area (Å²) in [7, 11) is -3.69. The SMILES string of the molecule is Cc1cc(N)cc(S(=O)(=O)Nc2cccc(Cl)c2)c1C. The van der Waals surface area contributed by atoms with Gasteiger partial charge in [-0.2, -0.15) is 0 Å². The minimum absolute atomic E-state index is 0.176. The fourth-order valence-electron chi connectivity index (χ4n) is 1.90. The lowest BCUT2D eigenvalue weighted by atomic mass is 10.1. The summed E-state index contributed by atoms with van der Waals surface area (Å²) in [4.78, 5) is 0.176. The Balaban J connectivity index is 2.46. The van der Waals surface area contributed by atoms with Crippen molar-refractivity contribution < 1.29 is 8.42 Å². The largest absolute Gasteiger partial charge is 0.399 e. The topological polar surface area (TPSA) is 72.2 Å². The highest BCUT2D eigenvalue weighted by atomic mass is 35.5. The predicted octanol–water partition coefficient (Wildman–Crippen LogP) is 3.34. The molecule has 0 fully saturated rings. The first-order valence-corrected chi connectivity index (χ1v) is 7.81. The van der Waals surface area contributed by atoms with Crippen LogP contribution in [0.25, 0.3) is 0 Å². The fraction of sp³-hybridized carbons (Fsp3) is 0.143. The lowest BCUT2D eigenvalue weighted by molar-refractivity contribution is 0.600. The Kier molecular flexibility index (Phi) is 3.92. The summed E-state index contributed by atoms with van der Waals surface area (Å²) in [5, 5.41) is 0.464. The van der Waals surface area contributed by atoms with Crippen molar-refractivity contribution in [2.24, 2.45) is 0 Å². The van der Waals surface area contributed by atoms with E-state index in [0.717, 1.165) is 5.56 Å². The van der Waals surface area contributed by atoms with Crippen LogP contribution in [-0.2, 0) is 10.0 Å². The average Bonchev–Trinajstić information content (AvgIpc) is 2.33. The molecule has 0 heterocycles. The smallest absolute Gasteiger partial charge is 0.262 e. The van der Waals surface area contributed by atoms with Crippen LogP contribution in [-0.4, -0.2) is 8.42 Å². The number of nitrogens with two attached hydrogens (primary N) is 1. The molecule has 20 heavy (non-hydrogen) atoms. The molecule has 0 aromatic heterocycles. The zero-order chi connectivity index (χ0) is 14.9. The summed E-state index contributed by atoms with van der Waals surface area (Å²) in [6.07, 6.45) is 0. The summed E-state index contributed by atoms with van der Waals surface area (Å²) in [6, 6.07) is 9.74. The Morgan fingerprint density at radius 2 is 1.85 bits per heavy atom. The molecule has 0 aliphatic rings. The quantitative estimate of drug-likeness (QED) is 0.854. The van der Waals surface area contributed by atoms with E-state index in [1.165, 1.54) is 6.07 Å². The fourth-order valence-corrected chi connectivity index (χ4v) is 3.49. The molecule has 2 aromatic carbocycles. The van der Waals surface area contributed by atoms with E-state index in [-0.39, 0.29) is 4.90 Å². The molecule has 0 atom stereocenters. The minimum atomic E-state index is -3.69. The van der Waals surface area contributed by atoms with Gasteiger partial charge in [-0.25, -0.2) is 8.42 Å². The van der Waals surface area contributed by atoms with Crippen LogP contribution in [0.15, 0.2) is 41.3 Å². The summed E-state index contributed by atoms with van der Waals surface area (Å²) in [6.45, 7) is 3.57. The number of anilines is 2. The number of nitrogens with one attached hydrogen (secondary N) is 1. The van der Waals surface area contributed by atoms with E-state index < -0.39 is 10.0 Å². The first-order chi connectivity index (χ1) is 9.29. The lowest BCUT2D eigenvalue weighted by Crippen LogP contribution is -2.15. The van der Waals surface area contributed by atoms with E-state index in [1.54, 1.807) is 37.3 Å². The Hall–Kier alpha value is -1.72. The molecular formula is C14H15ClN2O2S. The maximum absolute atomic E-state index is 12.4. The highest BCUT2D eigenvalue weighted by Crippen LogP contribution is 2.25. The third-order valence-electron chi connectivity index (χ3n) is 3.01. The van der Waals surface area contributed by atoms with E-state index >= 15 is 0 Å². The van der Waals surface area contributed by atoms with E-state index in [9.17, 15) is 8.42 Å². The zero-order valence-corrected chi connectivity index (χ0v) is 12.7. The Morgan fingerprint density at radius 1 is 1.15 bits per heavy atom. The van der Waals surface area contributed by atoms with E-state index in [1.807, 2.05) is 6.92 Å². The Morgan fingerprint density at radius 3 is 2.50 bits per heavy atom. The third kappa shape index (κ3) is 3.05. The number of hydrogen-bond acceptors (Lipinski definition) is 3. The molecule has 2 aromatic rings. The standard InChI is InChI=1S/C14H15ClN2O2S/c1-9-6-12(16)8-14(10(9)2)20(18,19)17-13-5-3-4-11(15)7-13/h3-8,17H,16H2,1-2H3. The van der Waals surface area contributed by atoms with Crippen LogP contribution in [0.5, 0.6) is 0 Å². The molecule has 4 nitrogen and oxygen atoms in total. The number of sulfonamides is 1. The maximum atomic E-state index is 12.4. The van der Waals surface area contributed by atoms with Gasteiger partial charge >= 0.3 is 0 Å². The van der Waals surface area contributed by atoms with Crippen LogP contribution in [0.4, 0.5) is 11.4 Å². The van der Waals surface area contributed by atoms with Crippen LogP contribution in [0.1, 0.15) is 11.1 Å². The van der Waals surface area contributed by atoms with Crippen molar-refractivity contribution in [3.8, 4) is 0 Å². The summed E-state index contributed by atoms with van der Waals surface area (Å²) in [5.74, 6) is 0. The van der Waals surface area contributed by atoms with Crippen molar-refractivity contribution >= 4 is 33.0 Å². The molecule has 2 rings (SSSR count). The number of rotatable bonds is 3. The van der Waals surface area contributed by atoms with Crippen molar-refractivity contribution in [2.45, 2.75) is 18.7 Å². The van der Waals surface area contributed by atoms with E-state index in [4.69, 9.17) is 17.3 Å². The first kappa shape index (κ1) is 14.7. The number of nitrogen functional groups attached to an aromatic ring is 1. The summed E-state index contributed by atoms with van der Waals surface area (Å²) < 4.78 is 27.4. The normalized spacial score (nSPS) is 11.3. The van der Waals surface area contributed by atoms with Gasteiger partial charge in [0.05, 0.1) is 10.6 Å². The van der Waals surface area contributed by atoms with Gasteiger partial charge in [-0.1, -0.05) is 17.7 Å². The van der Waals surface area contributed by atoms with Gasteiger partial charge in [0.2, 0.25) is 0 Å². The Labute approximate surface area is 123 Å². The van der Waals surface area contributed by atoms with Crippen molar-refractivity contribution in [2.75, 3.05) is 10.5 Å². The van der Waals surface area contributed by atoms with Gasteiger partial charge in [0.15, 0.2) is 0 Å². The third-order valence-corrected chi connectivity index (χ3v) is 4.75. The van der Waals surface area contributed by atoms with E-state index in [0.29, 0.717) is 22.0 Å². The van der Waals surface area contributed by atoms with Crippen molar-refractivity contribution in [3.05, 3.63) is 52.5 Å². The molecule has 0 saturated carbocycles. The molecule has 3 N–H and O–H groups in total. The van der Waals surface area contributed by atoms with Crippen LogP contribution >= 0.6 is 11.6 Å². The molecule has 0 aliphatic carbocycles. The second-order valence-electron chi connectivity index (χ2n) is 4.58. The van der Waals surface area contributed by atoms with Crippen LogP contribution in [0, 0.1) is 13.8 Å². The van der Waals surface area contributed by atoms with Crippen LogP contribution in [0.2, 0.25) is 5.02 Å². The maximum Gasteiger partial charge on any atom is 0.262 e. The highest BCUT2D eigenvalue weighted by Gasteiger charge is 2.18. The highest BCUT2D eigenvalue weighted by molar-refractivity contribution is 7.92. The number of hydrogen-bond donors (Lipinski definition) is 2. The molecule has 0 saturated heterocycles. The monoisotopic (exact) mass is 310 g/mol. The van der Waals surface area contributed by atoms with Crippen LogP contribution in [0.3, 0.4) is 0 Å². The van der Waals surface area contributed by atoms with Crippen molar-refractivity contribution in [1.82, 2.24) is 0 Å². The van der Waals surface area contributed by atoms with Crippen molar-refractivity contribution in [3.63, 3.8) is 0 Å². The van der Waals surface area contributed by atoms with Gasteiger partial charge < -0.3 is 5.73 Å². The van der Waals surface area contributed by atoms with Gasteiger partial charge in [-0.15, -0.1) is 0 Å². The number of aryl methyl sites for hydroxylation is 1. The second kappa shape index (κ2) is 5.34. The molecule has 0 unspecified atom stereocenters. The lowest BCUT2D eigenvalue weighted by Gasteiger charge is -2.13. The molecule has 0 radical (unpaired) electrons. The molecule has 0 aliphatic heterocycles. The van der Waals surface area contributed by atoms with Crippen LogP contribution < -0.4 is 10.5 Å². The van der Waals surface area contributed by atoms with Gasteiger partial charge in [0.1, 0.15) is 0 Å². The van der Waals surface area contributed by atoms with E-state index in [2.05, 4.69) is 4.72 Å². The second-order valence-corrected chi connectivity index (χ2v) is 6.66. The molecular weight excluding hydrogens is 296 g/mol. The van der Waals surface area contributed by atoms with Gasteiger partial charge in [0.25, 0.3) is 10.0 Å². The molecule has 0 spiro atoms. The first-order valence-electron chi connectivity index (χ1n) is 5.95. The van der Waals surface area contributed by atoms with Gasteiger partial charge in [0, 0.05) is 10.7 Å². The summed E-state index contributed by atoms with van der Waals surface area (Å²) in [5.41, 5.74) is 8.06. The van der Waals surface area contributed by atoms with Crippen molar-refractivity contribution in [1.29, 1.82) is 0 Å². The number of halogens is 1. The molecule has 6 heteroatoms.